The van der Waals surface area contributed by atoms with Crippen LogP contribution in [0.4, 0.5) is 23.2 Å². The van der Waals surface area contributed by atoms with E-state index in [1.165, 1.54) is 13.4 Å². The SMILES string of the molecule is COc1ccc2c(CC(=O)Nc3ccc(F)c(C(F)(F)F)c3)coc2c1. The Kier molecular flexibility index (Phi) is 4.58. The number of rotatable bonds is 4. The number of halogens is 4. The van der Waals surface area contributed by atoms with Gasteiger partial charge in [-0.3, -0.25) is 4.79 Å². The molecule has 0 aliphatic carbocycles. The molecule has 8 heteroatoms. The average Bonchev–Trinajstić information content (AvgIpc) is 2.97. The number of methoxy groups -OCH3 is 1. The number of benzene rings is 2. The van der Waals surface area contributed by atoms with Crippen LogP contribution in [0.1, 0.15) is 11.1 Å². The number of ether oxygens (including phenoxy) is 1. The standard InChI is InChI=1S/C18H13F4NO3/c1-25-12-3-4-13-10(9-26-16(13)8-12)6-17(24)23-11-2-5-15(19)14(7-11)18(20,21)22/h2-5,7-9H,6H2,1H3,(H,23,24). The van der Waals surface area contributed by atoms with Gasteiger partial charge in [0.1, 0.15) is 17.1 Å². The lowest BCUT2D eigenvalue weighted by molar-refractivity contribution is -0.140. The van der Waals surface area contributed by atoms with Crippen molar-refractivity contribution in [3.8, 4) is 5.75 Å². The summed E-state index contributed by atoms with van der Waals surface area (Å²) in [4.78, 5) is 12.1. The fourth-order valence-corrected chi connectivity index (χ4v) is 2.53. The Morgan fingerprint density at radius 1 is 1.19 bits per heavy atom. The third-order valence-electron chi connectivity index (χ3n) is 3.77. The quantitative estimate of drug-likeness (QED) is 0.675. The van der Waals surface area contributed by atoms with Gasteiger partial charge in [-0.2, -0.15) is 13.2 Å². The van der Waals surface area contributed by atoms with Crippen molar-refractivity contribution in [2.45, 2.75) is 12.6 Å². The molecule has 0 aliphatic rings. The molecule has 0 fully saturated rings. The monoisotopic (exact) mass is 367 g/mol. The molecule has 1 N–H and O–H groups in total. The minimum Gasteiger partial charge on any atom is -0.497 e. The number of fused-ring (bicyclic) bond motifs is 1. The highest BCUT2D eigenvalue weighted by molar-refractivity contribution is 5.95. The highest BCUT2D eigenvalue weighted by Crippen LogP contribution is 2.33. The first kappa shape index (κ1) is 17.8. The van der Waals surface area contributed by atoms with Gasteiger partial charge in [0.05, 0.1) is 25.4 Å². The molecule has 136 valence electrons. The molecule has 1 amide bonds. The molecule has 2 aromatic carbocycles. The smallest absolute Gasteiger partial charge is 0.419 e. The summed E-state index contributed by atoms with van der Waals surface area (Å²) in [5, 5.41) is 3.03. The van der Waals surface area contributed by atoms with Crippen molar-refractivity contribution in [2.75, 3.05) is 12.4 Å². The second-order valence-electron chi connectivity index (χ2n) is 5.54. The molecule has 0 saturated carbocycles. The summed E-state index contributed by atoms with van der Waals surface area (Å²) in [6, 6.07) is 7.38. The Bertz CT molecular complexity index is 963. The lowest BCUT2D eigenvalue weighted by Crippen LogP contribution is -2.15. The van der Waals surface area contributed by atoms with Crippen LogP contribution in [0.2, 0.25) is 0 Å². The number of nitrogens with one attached hydrogen (secondary N) is 1. The highest BCUT2D eigenvalue weighted by Gasteiger charge is 2.34. The number of amides is 1. The Hall–Kier alpha value is -3.03. The molecule has 0 unspecified atom stereocenters. The Balaban J connectivity index is 1.77. The third-order valence-corrected chi connectivity index (χ3v) is 3.77. The molecule has 1 heterocycles. The van der Waals surface area contributed by atoms with E-state index >= 15 is 0 Å². The van der Waals surface area contributed by atoms with E-state index in [4.69, 9.17) is 9.15 Å². The van der Waals surface area contributed by atoms with Crippen molar-refractivity contribution in [1.29, 1.82) is 0 Å². The number of carbonyl (C=O) groups is 1. The predicted octanol–water partition coefficient (Wildman–Crippen LogP) is 4.78. The predicted molar refractivity (Wildman–Crippen MR) is 86.5 cm³/mol. The maximum atomic E-state index is 13.3. The number of hydrogen-bond donors (Lipinski definition) is 1. The van der Waals surface area contributed by atoms with E-state index < -0.39 is 23.5 Å². The first-order valence-electron chi connectivity index (χ1n) is 7.48. The van der Waals surface area contributed by atoms with Gasteiger partial charge in [0.25, 0.3) is 0 Å². The largest absolute Gasteiger partial charge is 0.497 e. The second-order valence-corrected chi connectivity index (χ2v) is 5.54. The number of anilines is 1. The first-order valence-corrected chi connectivity index (χ1v) is 7.48. The van der Waals surface area contributed by atoms with Gasteiger partial charge in [-0.25, -0.2) is 4.39 Å². The van der Waals surface area contributed by atoms with Gasteiger partial charge in [-0.15, -0.1) is 0 Å². The van der Waals surface area contributed by atoms with E-state index in [0.29, 0.717) is 34.4 Å². The van der Waals surface area contributed by atoms with Crippen molar-refractivity contribution >= 4 is 22.6 Å². The van der Waals surface area contributed by atoms with Crippen molar-refractivity contribution in [3.05, 3.63) is 59.6 Å². The van der Waals surface area contributed by atoms with Crippen LogP contribution in [0.3, 0.4) is 0 Å². The molecule has 3 aromatic rings. The summed E-state index contributed by atoms with van der Waals surface area (Å²) < 4.78 is 61.9. The van der Waals surface area contributed by atoms with E-state index in [0.717, 1.165) is 6.07 Å². The lowest BCUT2D eigenvalue weighted by Gasteiger charge is -2.11. The first-order chi connectivity index (χ1) is 12.3. The van der Waals surface area contributed by atoms with Crippen LogP contribution in [0.15, 0.2) is 47.1 Å². The molecule has 26 heavy (non-hydrogen) atoms. The van der Waals surface area contributed by atoms with Crippen molar-refractivity contribution < 1.29 is 31.5 Å². The van der Waals surface area contributed by atoms with Gasteiger partial charge in [0.2, 0.25) is 5.91 Å². The number of carbonyl (C=O) groups excluding carboxylic acids is 1. The molecule has 0 saturated heterocycles. The minimum atomic E-state index is -4.84. The van der Waals surface area contributed by atoms with Crippen LogP contribution in [-0.2, 0) is 17.4 Å². The Morgan fingerprint density at radius 3 is 2.65 bits per heavy atom. The molecule has 0 radical (unpaired) electrons. The van der Waals surface area contributed by atoms with Gasteiger partial charge in [-0.05, 0) is 30.3 Å². The van der Waals surface area contributed by atoms with Gasteiger partial charge in [0, 0.05) is 22.7 Å². The Morgan fingerprint density at radius 2 is 1.96 bits per heavy atom. The summed E-state index contributed by atoms with van der Waals surface area (Å²) in [7, 11) is 1.51. The minimum absolute atomic E-state index is 0.113. The topological polar surface area (TPSA) is 51.5 Å². The molecule has 4 nitrogen and oxygen atoms in total. The third kappa shape index (κ3) is 3.63. The van der Waals surface area contributed by atoms with Gasteiger partial charge in [0.15, 0.2) is 0 Å². The molecule has 0 spiro atoms. The highest BCUT2D eigenvalue weighted by atomic mass is 19.4. The fourth-order valence-electron chi connectivity index (χ4n) is 2.53. The number of hydrogen-bond acceptors (Lipinski definition) is 3. The van der Waals surface area contributed by atoms with E-state index in [1.54, 1.807) is 18.2 Å². The molecule has 1 aromatic heterocycles. The molecular weight excluding hydrogens is 354 g/mol. The van der Waals surface area contributed by atoms with E-state index in [1.807, 2.05) is 0 Å². The number of furan rings is 1. The molecular formula is C18H13F4NO3. The van der Waals surface area contributed by atoms with Crippen LogP contribution in [0.5, 0.6) is 5.75 Å². The van der Waals surface area contributed by atoms with Crippen LogP contribution in [0.25, 0.3) is 11.0 Å². The fraction of sp³-hybridized carbons (Fsp3) is 0.167. The summed E-state index contributed by atoms with van der Waals surface area (Å²) in [6.07, 6.45) is -3.56. The van der Waals surface area contributed by atoms with Crippen LogP contribution in [0, 0.1) is 5.82 Å². The molecule has 3 rings (SSSR count). The van der Waals surface area contributed by atoms with E-state index in [2.05, 4.69) is 5.32 Å². The van der Waals surface area contributed by atoms with Crippen molar-refractivity contribution in [2.24, 2.45) is 0 Å². The maximum Gasteiger partial charge on any atom is 0.419 e. The van der Waals surface area contributed by atoms with Crippen molar-refractivity contribution in [1.82, 2.24) is 0 Å². The van der Waals surface area contributed by atoms with Gasteiger partial charge in [-0.1, -0.05) is 0 Å². The zero-order valence-corrected chi connectivity index (χ0v) is 13.5. The summed E-state index contributed by atoms with van der Waals surface area (Å²) in [5.74, 6) is -1.36. The maximum absolute atomic E-state index is 13.3. The van der Waals surface area contributed by atoms with E-state index in [9.17, 15) is 22.4 Å². The molecule has 0 aliphatic heterocycles. The lowest BCUT2D eigenvalue weighted by atomic mass is 10.1. The summed E-state index contributed by atoms with van der Waals surface area (Å²) >= 11 is 0. The molecule has 0 atom stereocenters. The van der Waals surface area contributed by atoms with Crippen LogP contribution >= 0.6 is 0 Å². The zero-order chi connectivity index (χ0) is 18.9. The Labute approximate surface area is 145 Å². The average molecular weight is 367 g/mol. The number of alkyl halides is 3. The summed E-state index contributed by atoms with van der Waals surface area (Å²) in [6.45, 7) is 0. The normalized spacial score (nSPS) is 11.6. The molecule has 0 bridgehead atoms. The van der Waals surface area contributed by atoms with Crippen LogP contribution < -0.4 is 10.1 Å². The van der Waals surface area contributed by atoms with Crippen LogP contribution in [-0.4, -0.2) is 13.0 Å². The zero-order valence-electron chi connectivity index (χ0n) is 13.5. The van der Waals surface area contributed by atoms with E-state index in [-0.39, 0.29) is 12.1 Å². The van der Waals surface area contributed by atoms with Gasteiger partial charge >= 0.3 is 6.18 Å². The second kappa shape index (κ2) is 6.70. The van der Waals surface area contributed by atoms with Gasteiger partial charge < -0.3 is 14.5 Å². The summed E-state index contributed by atoms with van der Waals surface area (Å²) in [5.41, 5.74) is -0.485. The van der Waals surface area contributed by atoms with Crippen molar-refractivity contribution in [3.63, 3.8) is 0 Å².